The van der Waals surface area contributed by atoms with E-state index >= 15 is 0 Å². The Balaban J connectivity index is 2.11. The van der Waals surface area contributed by atoms with E-state index in [1.165, 1.54) is 45.6 Å². The van der Waals surface area contributed by atoms with E-state index in [1.54, 1.807) is 0 Å². The van der Waals surface area contributed by atoms with E-state index in [0.29, 0.717) is 11.8 Å². The normalized spacial score (nSPS) is 25.5. The molecule has 2 N–H and O–H groups in total. The van der Waals surface area contributed by atoms with Crippen molar-refractivity contribution in [2.24, 2.45) is 16.6 Å². The molecule has 2 saturated carbocycles. The van der Waals surface area contributed by atoms with E-state index in [0.717, 1.165) is 12.8 Å². The second-order valence-corrected chi connectivity index (χ2v) is 7.46. The smallest absolute Gasteiger partial charge is 0.306 e. The minimum Gasteiger partial charge on any atom is -0.469 e. The van der Waals surface area contributed by atoms with Gasteiger partial charge in [0.1, 0.15) is 0 Å². The molecule has 0 aliphatic heterocycles. The van der Waals surface area contributed by atoms with Gasteiger partial charge in [-0.25, -0.2) is 0 Å². The van der Waals surface area contributed by atoms with Crippen LogP contribution in [-0.2, 0) is 9.53 Å². The van der Waals surface area contributed by atoms with Crippen molar-refractivity contribution in [3.05, 3.63) is 0 Å². The Bertz CT molecular complexity index is 327. The topological polar surface area (TPSA) is 52.3 Å². The number of ether oxygens (including phenoxy) is 1. The number of carbonyl (C=O) groups excluding carboxylic acids is 1. The summed E-state index contributed by atoms with van der Waals surface area (Å²) in [6, 6.07) is 0. The van der Waals surface area contributed by atoms with E-state index in [9.17, 15) is 4.79 Å². The maximum atomic E-state index is 11.8. The Labute approximate surface area is 117 Å². The molecule has 0 amide bonds. The second kappa shape index (κ2) is 5.08. The van der Waals surface area contributed by atoms with Gasteiger partial charge in [0.15, 0.2) is 0 Å². The van der Waals surface area contributed by atoms with Crippen molar-refractivity contribution in [2.45, 2.75) is 77.2 Å². The molecule has 0 aromatic rings. The maximum absolute atomic E-state index is 11.8. The predicted octanol–water partition coefficient (Wildman–Crippen LogP) is 3.41. The van der Waals surface area contributed by atoms with Crippen LogP contribution >= 0.6 is 0 Å². The van der Waals surface area contributed by atoms with Gasteiger partial charge in [0.25, 0.3) is 0 Å². The summed E-state index contributed by atoms with van der Waals surface area (Å²) in [5, 5.41) is 0. The molecule has 3 heteroatoms. The number of hydrogen-bond donors (Lipinski definition) is 1. The fraction of sp³-hybridized carbons (Fsp3) is 0.938. The van der Waals surface area contributed by atoms with Crippen LogP contribution in [0.4, 0.5) is 0 Å². The van der Waals surface area contributed by atoms with Crippen LogP contribution in [0, 0.1) is 10.8 Å². The summed E-state index contributed by atoms with van der Waals surface area (Å²) in [4.78, 5) is 11.8. The van der Waals surface area contributed by atoms with Crippen LogP contribution in [0.3, 0.4) is 0 Å². The lowest BCUT2D eigenvalue weighted by atomic mass is 9.55. The van der Waals surface area contributed by atoms with Gasteiger partial charge in [-0.2, -0.15) is 0 Å². The van der Waals surface area contributed by atoms with Crippen LogP contribution in [-0.4, -0.2) is 18.6 Å². The van der Waals surface area contributed by atoms with Crippen LogP contribution in [0.25, 0.3) is 0 Å². The zero-order valence-electron chi connectivity index (χ0n) is 12.8. The minimum absolute atomic E-state index is 0.0755. The first-order valence-electron chi connectivity index (χ1n) is 7.68. The molecule has 1 spiro atoms. The monoisotopic (exact) mass is 267 g/mol. The summed E-state index contributed by atoms with van der Waals surface area (Å²) < 4.78 is 4.90. The maximum Gasteiger partial charge on any atom is 0.306 e. The number of hydrogen-bond acceptors (Lipinski definition) is 3. The highest BCUT2D eigenvalue weighted by Gasteiger charge is 2.50. The number of methoxy groups -OCH3 is 1. The van der Waals surface area contributed by atoms with Gasteiger partial charge in [-0.05, 0) is 63.2 Å². The first-order valence-corrected chi connectivity index (χ1v) is 7.68. The van der Waals surface area contributed by atoms with E-state index < -0.39 is 0 Å². The molecule has 0 atom stereocenters. The molecule has 0 radical (unpaired) electrons. The molecule has 2 fully saturated rings. The summed E-state index contributed by atoms with van der Waals surface area (Å²) in [5.41, 5.74) is 6.61. The van der Waals surface area contributed by atoms with Crippen molar-refractivity contribution in [3.63, 3.8) is 0 Å². The molecule has 3 nitrogen and oxygen atoms in total. The third kappa shape index (κ3) is 2.81. The van der Waals surface area contributed by atoms with Gasteiger partial charge in [0.05, 0.1) is 13.5 Å². The van der Waals surface area contributed by atoms with Gasteiger partial charge < -0.3 is 10.5 Å². The van der Waals surface area contributed by atoms with Crippen LogP contribution in [0.15, 0.2) is 0 Å². The summed E-state index contributed by atoms with van der Waals surface area (Å²) in [6.45, 7) is 4.14. The molecule has 0 aromatic carbocycles. The minimum atomic E-state index is -0.318. The van der Waals surface area contributed by atoms with Crippen molar-refractivity contribution in [1.82, 2.24) is 0 Å². The van der Waals surface area contributed by atoms with Gasteiger partial charge in [-0.3, -0.25) is 4.79 Å². The molecule has 110 valence electrons. The molecular weight excluding hydrogens is 238 g/mol. The SMILES string of the molecule is COC(=O)CC1(C(C)(C)N)CCC2(CCCC2)CC1. The Morgan fingerprint density at radius 1 is 1.11 bits per heavy atom. The molecule has 2 aliphatic rings. The Morgan fingerprint density at radius 2 is 1.63 bits per heavy atom. The van der Waals surface area contributed by atoms with Gasteiger partial charge in [-0.15, -0.1) is 0 Å². The third-order valence-electron chi connectivity index (χ3n) is 6.01. The molecule has 0 saturated heterocycles. The van der Waals surface area contributed by atoms with Crippen LogP contribution < -0.4 is 5.73 Å². The van der Waals surface area contributed by atoms with Crippen LogP contribution in [0.2, 0.25) is 0 Å². The lowest BCUT2D eigenvalue weighted by molar-refractivity contribution is -0.146. The molecule has 0 aromatic heterocycles. The molecule has 2 rings (SSSR count). The number of esters is 1. The Hall–Kier alpha value is -0.570. The molecule has 19 heavy (non-hydrogen) atoms. The lowest BCUT2D eigenvalue weighted by Crippen LogP contribution is -2.54. The molecule has 0 heterocycles. The van der Waals surface area contributed by atoms with E-state index in [4.69, 9.17) is 10.5 Å². The first kappa shape index (κ1) is 14.8. The largest absolute Gasteiger partial charge is 0.469 e. The zero-order valence-corrected chi connectivity index (χ0v) is 12.8. The second-order valence-electron chi connectivity index (χ2n) is 7.46. The first-order chi connectivity index (χ1) is 8.83. The molecule has 2 aliphatic carbocycles. The zero-order chi connectivity index (χ0) is 14.1. The highest BCUT2D eigenvalue weighted by Crippen LogP contribution is 2.57. The number of nitrogens with two attached hydrogens (primary N) is 1. The highest BCUT2D eigenvalue weighted by molar-refractivity contribution is 5.70. The number of carbonyl (C=O) groups is 1. The van der Waals surface area contributed by atoms with Crippen LogP contribution in [0.1, 0.15) is 71.6 Å². The van der Waals surface area contributed by atoms with Crippen molar-refractivity contribution >= 4 is 5.97 Å². The highest BCUT2D eigenvalue weighted by atomic mass is 16.5. The number of rotatable bonds is 3. The van der Waals surface area contributed by atoms with Crippen molar-refractivity contribution in [1.29, 1.82) is 0 Å². The van der Waals surface area contributed by atoms with Gasteiger partial charge in [0.2, 0.25) is 0 Å². The predicted molar refractivity (Wildman–Crippen MR) is 76.7 cm³/mol. The Kier molecular flexibility index (Phi) is 3.97. The fourth-order valence-corrected chi connectivity index (χ4v) is 4.28. The summed E-state index contributed by atoms with van der Waals surface area (Å²) in [6.07, 6.45) is 10.6. The van der Waals surface area contributed by atoms with Gasteiger partial charge in [-0.1, -0.05) is 12.8 Å². The average molecular weight is 267 g/mol. The standard InChI is InChI=1S/C16H29NO2/c1-14(2,17)16(12-13(18)19-3)10-8-15(9-11-16)6-4-5-7-15/h4-12,17H2,1-3H3. The van der Waals surface area contributed by atoms with Crippen molar-refractivity contribution in [3.8, 4) is 0 Å². The van der Waals surface area contributed by atoms with E-state index in [2.05, 4.69) is 13.8 Å². The van der Waals surface area contributed by atoms with E-state index in [-0.39, 0.29) is 16.9 Å². The third-order valence-corrected chi connectivity index (χ3v) is 6.01. The van der Waals surface area contributed by atoms with Crippen LogP contribution in [0.5, 0.6) is 0 Å². The Morgan fingerprint density at radius 3 is 2.05 bits per heavy atom. The quantitative estimate of drug-likeness (QED) is 0.797. The molecule has 0 unspecified atom stereocenters. The molecular formula is C16H29NO2. The van der Waals surface area contributed by atoms with Crippen molar-refractivity contribution < 1.29 is 9.53 Å². The van der Waals surface area contributed by atoms with Crippen molar-refractivity contribution in [2.75, 3.05) is 7.11 Å². The molecule has 0 bridgehead atoms. The fourth-order valence-electron chi connectivity index (χ4n) is 4.28. The van der Waals surface area contributed by atoms with Gasteiger partial charge >= 0.3 is 5.97 Å². The van der Waals surface area contributed by atoms with E-state index in [1.807, 2.05) is 0 Å². The average Bonchev–Trinajstić information content (AvgIpc) is 2.80. The van der Waals surface area contributed by atoms with Gasteiger partial charge in [0, 0.05) is 5.54 Å². The summed E-state index contributed by atoms with van der Waals surface area (Å²) in [7, 11) is 1.47. The lowest BCUT2D eigenvalue weighted by Gasteiger charge is -2.51. The summed E-state index contributed by atoms with van der Waals surface area (Å²) >= 11 is 0. The summed E-state index contributed by atoms with van der Waals surface area (Å²) in [5.74, 6) is -0.110.